The van der Waals surface area contributed by atoms with E-state index >= 15 is 0 Å². The number of carbonyl (C=O) groups is 1. The minimum absolute atomic E-state index is 0.153. The van der Waals surface area contributed by atoms with E-state index in [0.717, 1.165) is 21.3 Å². The standard InChI is InChI=1S/C18H16BrNO4/c1-22-15-9-17(24-3)16(23-2)7-10(15)6-13-12-8-11(19)4-5-14(12)20-18(13)21/h4-9H,1-3H3,(H,20,21)/b13-6-. The van der Waals surface area contributed by atoms with Crippen molar-refractivity contribution in [3.8, 4) is 17.2 Å². The van der Waals surface area contributed by atoms with Gasteiger partial charge in [-0.3, -0.25) is 4.79 Å². The van der Waals surface area contributed by atoms with Gasteiger partial charge in [0.05, 0.1) is 21.3 Å². The van der Waals surface area contributed by atoms with Crippen molar-refractivity contribution in [1.29, 1.82) is 0 Å². The molecule has 0 fully saturated rings. The molecule has 0 spiro atoms. The summed E-state index contributed by atoms with van der Waals surface area (Å²) >= 11 is 3.44. The average molecular weight is 390 g/mol. The van der Waals surface area contributed by atoms with E-state index in [1.807, 2.05) is 18.2 Å². The highest BCUT2D eigenvalue weighted by atomic mass is 79.9. The summed E-state index contributed by atoms with van der Waals surface area (Å²) in [5, 5.41) is 2.86. The predicted octanol–water partition coefficient (Wildman–Crippen LogP) is 3.97. The number of hydrogen-bond donors (Lipinski definition) is 1. The third kappa shape index (κ3) is 2.85. The third-order valence-electron chi connectivity index (χ3n) is 3.80. The molecule has 0 aliphatic carbocycles. The zero-order valence-electron chi connectivity index (χ0n) is 13.5. The molecule has 124 valence electrons. The fourth-order valence-electron chi connectivity index (χ4n) is 2.62. The van der Waals surface area contributed by atoms with Gasteiger partial charge < -0.3 is 19.5 Å². The summed E-state index contributed by atoms with van der Waals surface area (Å²) in [6.45, 7) is 0. The predicted molar refractivity (Wildman–Crippen MR) is 96.7 cm³/mol. The van der Waals surface area contributed by atoms with Gasteiger partial charge in [-0.1, -0.05) is 15.9 Å². The second-order valence-corrected chi connectivity index (χ2v) is 6.07. The molecule has 1 N–H and O–H groups in total. The highest BCUT2D eigenvalue weighted by Crippen LogP contribution is 2.39. The van der Waals surface area contributed by atoms with Gasteiger partial charge in [-0.25, -0.2) is 0 Å². The molecule has 6 heteroatoms. The third-order valence-corrected chi connectivity index (χ3v) is 4.29. The lowest BCUT2D eigenvalue weighted by Crippen LogP contribution is -2.03. The van der Waals surface area contributed by atoms with Crippen LogP contribution in [-0.4, -0.2) is 27.2 Å². The number of benzene rings is 2. The number of amides is 1. The highest BCUT2D eigenvalue weighted by molar-refractivity contribution is 9.10. The monoisotopic (exact) mass is 389 g/mol. The number of methoxy groups -OCH3 is 3. The summed E-state index contributed by atoms with van der Waals surface area (Å²) in [4.78, 5) is 12.3. The van der Waals surface area contributed by atoms with Gasteiger partial charge in [0, 0.05) is 32.9 Å². The van der Waals surface area contributed by atoms with Crippen molar-refractivity contribution in [3.63, 3.8) is 0 Å². The molecule has 2 aromatic carbocycles. The molecular weight excluding hydrogens is 374 g/mol. The van der Waals surface area contributed by atoms with E-state index in [4.69, 9.17) is 14.2 Å². The van der Waals surface area contributed by atoms with E-state index in [1.165, 1.54) is 0 Å². The van der Waals surface area contributed by atoms with Gasteiger partial charge in [0.1, 0.15) is 5.75 Å². The van der Waals surface area contributed by atoms with E-state index in [-0.39, 0.29) is 5.91 Å². The van der Waals surface area contributed by atoms with Gasteiger partial charge in [-0.2, -0.15) is 0 Å². The zero-order chi connectivity index (χ0) is 17.3. The molecule has 1 aliphatic heterocycles. The number of nitrogens with one attached hydrogen (secondary N) is 1. The van der Waals surface area contributed by atoms with Crippen molar-refractivity contribution in [3.05, 3.63) is 45.9 Å². The van der Waals surface area contributed by atoms with Crippen molar-refractivity contribution < 1.29 is 19.0 Å². The SMILES string of the molecule is COc1cc(OC)c(OC)cc1/C=C1\C(=O)Nc2ccc(Br)cc21. The van der Waals surface area contributed by atoms with Gasteiger partial charge in [0.15, 0.2) is 11.5 Å². The molecule has 24 heavy (non-hydrogen) atoms. The molecule has 5 nitrogen and oxygen atoms in total. The molecule has 1 amide bonds. The van der Waals surface area contributed by atoms with Crippen LogP contribution in [-0.2, 0) is 4.79 Å². The topological polar surface area (TPSA) is 56.8 Å². The van der Waals surface area contributed by atoms with Crippen molar-refractivity contribution in [2.75, 3.05) is 26.6 Å². The smallest absolute Gasteiger partial charge is 0.256 e. The second-order valence-electron chi connectivity index (χ2n) is 5.15. The summed E-state index contributed by atoms with van der Waals surface area (Å²) in [5.74, 6) is 1.57. The summed E-state index contributed by atoms with van der Waals surface area (Å²) in [6, 6.07) is 9.18. The lowest BCUT2D eigenvalue weighted by molar-refractivity contribution is -0.110. The van der Waals surface area contributed by atoms with Gasteiger partial charge in [-0.05, 0) is 30.3 Å². The Hall–Kier alpha value is -2.47. The number of halogens is 1. The molecule has 0 radical (unpaired) electrons. The Morgan fingerprint density at radius 2 is 1.62 bits per heavy atom. The maximum atomic E-state index is 12.3. The molecule has 1 aliphatic rings. The molecule has 0 aromatic heterocycles. The molecular formula is C18H16BrNO4. The lowest BCUT2D eigenvalue weighted by Gasteiger charge is -2.12. The van der Waals surface area contributed by atoms with Crippen LogP contribution in [0.4, 0.5) is 5.69 Å². The van der Waals surface area contributed by atoms with Gasteiger partial charge in [-0.15, -0.1) is 0 Å². The Labute approximate surface area is 148 Å². The Kier molecular flexibility index (Phi) is 4.49. The van der Waals surface area contributed by atoms with Crippen LogP contribution >= 0.6 is 15.9 Å². The average Bonchev–Trinajstić information content (AvgIpc) is 2.89. The first-order chi connectivity index (χ1) is 11.6. The first-order valence-corrected chi connectivity index (χ1v) is 7.99. The van der Waals surface area contributed by atoms with E-state index < -0.39 is 0 Å². The van der Waals surface area contributed by atoms with Crippen LogP contribution in [0.25, 0.3) is 11.6 Å². The summed E-state index contributed by atoms with van der Waals surface area (Å²) in [7, 11) is 4.70. The number of anilines is 1. The van der Waals surface area contributed by atoms with Crippen LogP contribution in [0.5, 0.6) is 17.2 Å². The fraction of sp³-hybridized carbons (Fsp3) is 0.167. The van der Waals surface area contributed by atoms with Crippen molar-refractivity contribution in [2.45, 2.75) is 0 Å². The normalized spacial score (nSPS) is 14.3. The number of fused-ring (bicyclic) bond motifs is 1. The van der Waals surface area contributed by atoms with Gasteiger partial charge in [0.25, 0.3) is 5.91 Å². The summed E-state index contributed by atoms with van der Waals surface area (Å²) in [5.41, 5.74) is 2.92. The minimum atomic E-state index is -0.153. The van der Waals surface area contributed by atoms with Crippen molar-refractivity contribution >= 4 is 39.2 Å². The van der Waals surface area contributed by atoms with Crippen molar-refractivity contribution in [2.24, 2.45) is 0 Å². The molecule has 0 unspecified atom stereocenters. The number of carbonyl (C=O) groups excluding carboxylic acids is 1. The number of hydrogen-bond acceptors (Lipinski definition) is 4. The molecule has 3 rings (SSSR count). The van der Waals surface area contributed by atoms with E-state index in [9.17, 15) is 4.79 Å². The Morgan fingerprint density at radius 1 is 0.958 bits per heavy atom. The number of ether oxygens (including phenoxy) is 3. The maximum Gasteiger partial charge on any atom is 0.256 e. The first kappa shape index (κ1) is 16.4. The van der Waals surface area contributed by atoms with E-state index in [1.54, 1.807) is 39.5 Å². The Bertz CT molecular complexity index is 845. The molecule has 0 saturated carbocycles. The first-order valence-electron chi connectivity index (χ1n) is 7.20. The van der Waals surface area contributed by atoms with Crippen LogP contribution in [0.15, 0.2) is 34.8 Å². The fourth-order valence-corrected chi connectivity index (χ4v) is 2.99. The summed E-state index contributed by atoms with van der Waals surface area (Å²) in [6.07, 6.45) is 1.79. The molecule has 0 saturated heterocycles. The van der Waals surface area contributed by atoms with Crippen LogP contribution in [0.1, 0.15) is 11.1 Å². The van der Waals surface area contributed by atoms with Crippen LogP contribution in [0, 0.1) is 0 Å². The molecule has 0 atom stereocenters. The van der Waals surface area contributed by atoms with Crippen LogP contribution in [0.2, 0.25) is 0 Å². The number of rotatable bonds is 4. The second kappa shape index (κ2) is 6.57. The Morgan fingerprint density at radius 3 is 2.29 bits per heavy atom. The van der Waals surface area contributed by atoms with E-state index in [0.29, 0.717) is 22.8 Å². The molecule has 0 bridgehead atoms. The van der Waals surface area contributed by atoms with Crippen LogP contribution < -0.4 is 19.5 Å². The highest BCUT2D eigenvalue weighted by Gasteiger charge is 2.25. The van der Waals surface area contributed by atoms with Crippen LogP contribution in [0.3, 0.4) is 0 Å². The lowest BCUT2D eigenvalue weighted by atomic mass is 10.0. The minimum Gasteiger partial charge on any atom is -0.496 e. The van der Waals surface area contributed by atoms with Crippen molar-refractivity contribution in [1.82, 2.24) is 0 Å². The maximum absolute atomic E-state index is 12.3. The zero-order valence-corrected chi connectivity index (χ0v) is 15.1. The summed E-state index contributed by atoms with van der Waals surface area (Å²) < 4.78 is 17.0. The quantitative estimate of drug-likeness (QED) is 0.803. The Balaban J connectivity index is 2.15. The molecule has 2 aromatic rings. The largest absolute Gasteiger partial charge is 0.496 e. The van der Waals surface area contributed by atoms with E-state index in [2.05, 4.69) is 21.2 Å². The molecule has 1 heterocycles. The van der Waals surface area contributed by atoms with Gasteiger partial charge in [0.2, 0.25) is 0 Å². The van der Waals surface area contributed by atoms with Gasteiger partial charge >= 0.3 is 0 Å².